The van der Waals surface area contributed by atoms with Crippen LogP contribution in [0.15, 0.2) is 60.7 Å². The van der Waals surface area contributed by atoms with Crippen molar-refractivity contribution in [1.82, 2.24) is 10.2 Å². The first kappa shape index (κ1) is 35.9. The maximum absolute atomic E-state index is 13.7. The number of esters is 1. The molecule has 0 bridgehead atoms. The Labute approximate surface area is 263 Å². The molecule has 1 fully saturated rings. The third-order valence-corrected chi connectivity index (χ3v) is 7.51. The molecule has 45 heavy (non-hydrogen) atoms. The van der Waals surface area contributed by atoms with Crippen molar-refractivity contribution in [1.29, 1.82) is 0 Å². The normalized spacial score (nSPS) is 15.8. The zero-order valence-corrected chi connectivity index (χ0v) is 26.0. The highest BCUT2D eigenvalue weighted by Gasteiger charge is 2.32. The van der Waals surface area contributed by atoms with E-state index in [0.29, 0.717) is 26.3 Å². The Balaban J connectivity index is 1.71. The van der Waals surface area contributed by atoms with E-state index in [4.69, 9.17) is 9.47 Å². The second kappa shape index (κ2) is 19.1. The highest BCUT2D eigenvalue weighted by Crippen LogP contribution is 2.20. The average molecular weight is 631 g/mol. The van der Waals surface area contributed by atoms with Gasteiger partial charge in [-0.1, -0.05) is 74.5 Å². The molecule has 1 aliphatic rings. The summed E-state index contributed by atoms with van der Waals surface area (Å²) in [5, 5.41) is 2.70. The molecule has 0 aromatic heterocycles. The van der Waals surface area contributed by atoms with Crippen molar-refractivity contribution in [3.63, 3.8) is 0 Å². The summed E-state index contributed by atoms with van der Waals surface area (Å²) in [6, 6.07) is 17.4. The van der Waals surface area contributed by atoms with Crippen molar-refractivity contribution in [3.05, 3.63) is 71.8 Å². The average Bonchev–Trinajstić information content (AvgIpc) is 3.02. The summed E-state index contributed by atoms with van der Waals surface area (Å²) in [4.78, 5) is 55.0. The molecule has 1 saturated heterocycles. The number of halogens is 2. The van der Waals surface area contributed by atoms with E-state index in [0.717, 1.165) is 11.1 Å². The highest BCUT2D eigenvalue weighted by atomic mass is 19.3. The summed E-state index contributed by atoms with van der Waals surface area (Å²) < 4.78 is 41.2. The first-order valence-corrected chi connectivity index (χ1v) is 15.4. The van der Waals surface area contributed by atoms with Crippen LogP contribution in [0.4, 0.5) is 8.78 Å². The van der Waals surface area contributed by atoms with Gasteiger partial charge in [0.15, 0.2) is 5.78 Å². The fraction of sp³-hybridized carbons (Fsp3) is 0.529. The number of hydrogen-bond acceptors (Lipinski definition) is 8. The van der Waals surface area contributed by atoms with Gasteiger partial charge in [-0.2, -0.15) is 8.78 Å². The number of carbonyl (C=O) groups excluding carboxylic acids is 4. The molecule has 2 aromatic rings. The number of morpholine rings is 1. The van der Waals surface area contributed by atoms with Crippen LogP contribution >= 0.6 is 0 Å². The van der Waals surface area contributed by atoms with Crippen molar-refractivity contribution < 1.29 is 42.2 Å². The van der Waals surface area contributed by atoms with Gasteiger partial charge in [-0.05, 0) is 29.9 Å². The predicted octanol–water partition coefficient (Wildman–Crippen LogP) is 4.23. The van der Waals surface area contributed by atoms with E-state index < -0.39 is 43.0 Å². The lowest BCUT2D eigenvalue weighted by Crippen LogP contribution is -2.47. The number of alkyl halides is 2. The molecular weight excluding hydrogens is 586 g/mol. The summed E-state index contributed by atoms with van der Waals surface area (Å²) in [5.74, 6) is -4.00. The van der Waals surface area contributed by atoms with Crippen molar-refractivity contribution in [3.8, 4) is 0 Å². The third-order valence-electron chi connectivity index (χ3n) is 7.51. The Morgan fingerprint density at radius 2 is 1.51 bits per heavy atom. The van der Waals surface area contributed by atoms with E-state index in [1.54, 1.807) is 0 Å². The number of carbonyl (C=O) groups is 4. The Morgan fingerprint density at radius 3 is 2.11 bits per heavy atom. The predicted molar refractivity (Wildman–Crippen MR) is 163 cm³/mol. The molecular formula is C34H44F2N2O7. The number of hydrogen-bond donors (Lipinski definition) is 1. The second-order valence-corrected chi connectivity index (χ2v) is 11.8. The minimum Gasteiger partial charge on any atom is -0.461 e. The Bertz CT molecular complexity index is 1210. The van der Waals surface area contributed by atoms with E-state index in [1.807, 2.05) is 79.4 Å². The van der Waals surface area contributed by atoms with Gasteiger partial charge in [-0.15, -0.1) is 0 Å². The number of ketones is 2. The van der Waals surface area contributed by atoms with Crippen LogP contribution in [0.5, 0.6) is 0 Å². The molecule has 1 N–H and O–H groups in total. The van der Waals surface area contributed by atoms with Crippen LogP contribution in [0.1, 0.15) is 44.2 Å². The molecule has 0 aliphatic carbocycles. The molecule has 11 heteroatoms. The number of nitrogens with one attached hydrogen (secondary N) is 1. The fourth-order valence-electron chi connectivity index (χ4n) is 5.17. The lowest BCUT2D eigenvalue weighted by Gasteiger charge is -2.27. The SMILES string of the molecule is CC(C)C[C@H](NC(=O)[C@H](COC(F)F)CC(=O)CN1CCOCC1)C(=O)C[C@@H](Cc1ccccc1)C(=O)OCc1ccccc1. The maximum atomic E-state index is 13.7. The largest absolute Gasteiger partial charge is 0.461 e. The first-order chi connectivity index (χ1) is 21.6. The molecule has 2 aromatic carbocycles. The summed E-state index contributed by atoms with van der Waals surface area (Å²) in [5.41, 5.74) is 1.65. The van der Waals surface area contributed by atoms with Gasteiger partial charge in [0.25, 0.3) is 0 Å². The number of Topliss-reactive ketones (excluding diaryl/α,β-unsaturated/α-hetero) is 2. The third kappa shape index (κ3) is 13.5. The standard InChI is InChI=1S/C34H44F2N2O7/c1-24(2)17-30(37-32(41)28(23-45-34(35)36)19-29(39)21-38-13-15-43-16-14-38)31(40)20-27(18-25-9-5-3-6-10-25)33(42)44-22-26-11-7-4-8-12-26/h3-12,24,27-28,30,34H,13-23H2,1-2H3,(H,37,41)/t27-,28+,30+/m1/s1. The molecule has 0 saturated carbocycles. The topological polar surface area (TPSA) is 111 Å². The van der Waals surface area contributed by atoms with Gasteiger partial charge in [0.05, 0.1) is 44.2 Å². The smallest absolute Gasteiger partial charge is 0.345 e. The van der Waals surface area contributed by atoms with Crippen molar-refractivity contribution in [2.45, 2.75) is 58.8 Å². The molecule has 3 atom stereocenters. The van der Waals surface area contributed by atoms with Gasteiger partial charge in [-0.25, -0.2) is 0 Å². The molecule has 1 amide bonds. The van der Waals surface area contributed by atoms with Crippen LogP contribution in [-0.4, -0.2) is 80.5 Å². The van der Waals surface area contributed by atoms with E-state index in [1.165, 1.54) is 0 Å². The lowest BCUT2D eigenvalue weighted by molar-refractivity contribution is -0.153. The number of ether oxygens (including phenoxy) is 3. The van der Waals surface area contributed by atoms with Crippen LogP contribution in [0.2, 0.25) is 0 Å². The van der Waals surface area contributed by atoms with Crippen molar-refractivity contribution >= 4 is 23.4 Å². The zero-order chi connectivity index (χ0) is 32.6. The molecule has 0 radical (unpaired) electrons. The zero-order valence-electron chi connectivity index (χ0n) is 26.0. The van der Waals surface area contributed by atoms with Crippen LogP contribution in [-0.2, 0) is 46.4 Å². The summed E-state index contributed by atoms with van der Waals surface area (Å²) >= 11 is 0. The van der Waals surface area contributed by atoms with Crippen LogP contribution in [0, 0.1) is 17.8 Å². The van der Waals surface area contributed by atoms with Crippen LogP contribution in [0.3, 0.4) is 0 Å². The van der Waals surface area contributed by atoms with E-state index in [9.17, 15) is 28.0 Å². The van der Waals surface area contributed by atoms with Crippen molar-refractivity contribution in [2.24, 2.45) is 17.8 Å². The summed E-state index contributed by atoms with van der Waals surface area (Å²) in [6.45, 7) is 2.14. The summed E-state index contributed by atoms with van der Waals surface area (Å²) in [7, 11) is 0. The lowest BCUT2D eigenvalue weighted by atomic mass is 9.89. The Hall–Kier alpha value is -3.54. The Morgan fingerprint density at radius 1 is 0.889 bits per heavy atom. The quantitative estimate of drug-likeness (QED) is 0.230. The molecule has 3 rings (SSSR count). The van der Waals surface area contributed by atoms with E-state index in [2.05, 4.69) is 10.1 Å². The number of amides is 1. The molecule has 9 nitrogen and oxygen atoms in total. The number of benzene rings is 2. The van der Waals surface area contributed by atoms with Crippen LogP contribution < -0.4 is 5.32 Å². The second-order valence-electron chi connectivity index (χ2n) is 11.8. The van der Waals surface area contributed by atoms with E-state index >= 15 is 0 Å². The maximum Gasteiger partial charge on any atom is 0.345 e. The van der Waals surface area contributed by atoms with Gasteiger partial charge in [0.2, 0.25) is 5.91 Å². The molecule has 1 aliphatic heterocycles. The number of rotatable bonds is 19. The molecule has 246 valence electrons. The van der Waals surface area contributed by atoms with Gasteiger partial charge < -0.3 is 19.5 Å². The minimum atomic E-state index is -3.12. The molecule has 0 spiro atoms. The molecule has 1 heterocycles. The van der Waals surface area contributed by atoms with Gasteiger partial charge >= 0.3 is 12.6 Å². The van der Waals surface area contributed by atoms with Crippen LogP contribution in [0.25, 0.3) is 0 Å². The minimum absolute atomic E-state index is 0.0180. The van der Waals surface area contributed by atoms with Gasteiger partial charge in [-0.3, -0.25) is 24.1 Å². The van der Waals surface area contributed by atoms with Crippen molar-refractivity contribution in [2.75, 3.05) is 39.5 Å². The fourth-order valence-corrected chi connectivity index (χ4v) is 5.17. The molecule has 0 unspecified atom stereocenters. The first-order valence-electron chi connectivity index (χ1n) is 15.4. The monoisotopic (exact) mass is 630 g/mol. The highest BCUT2D eigenvalue weighted by molar-refractivity contribution is 5.93. The van der Waals surface area contributed by atoms with Gasteiger partial charge in [0.1, 0.15) is 12.4 Å². The number of nitrogens with zero attached hydrogens (tertiary/aromatic N) is 1. The Kier molecular flexibility index (Phi) is 15.2. The summed E-state index contributed by atoms with van der Waals surface area (Å²) in [6.07, 6.45) is -0.00935. The van der Waals surface area contributed by atoms with E-state index in [-0.39, 0.29) is 56.3 Å². The van der Waals surface area contributed by atoms with Gasteiger partial charge in [0, 0.05) is 25.9 Å².